The number of nitrogens with one attached hydrogen (secondary N) is 1. The minimum absolute atomic E-state index is 0.0753. The SMILES string of the molecule is O=C(Nc1cc(F)c(F)c(F)c1)c1ccc(Cl)c(S(=O)(=O)[C@@H]2CC3CC[C@@H](C2)[C@@]3(O)CC(O)C(O)c2cccnc2)c1. The van der Waals surface area contributed by atoms with E-state index in [1.54, 1.807) is 12.1 Å². The van der Waals surface area contributed by atoms with Crippen LogP contribution in [0.2, 0.25) is 5.02 Å². The Kier molecular flexibility index (Phi) is 8.38. The van der Waals surface area contributed by atoms with Gasteiger partial charge >= 0.3 is 0 Å². The molecule has 4 N–H and O–H groups in total. The molecule has 0 radical (unpaired) electrons. The largest absolute Gasteiger partial charge is 0.390 e. The molecule has 2 aromatic carbocycles. The molecule has 2 fully saturated rings. The molecule has 5 rings (SSSR count). The quantitative estimate of drug-likeness (QED) is 0.269. The van der Waals surface area contributed by atoms with Crippen molar-refractivity contribution in [3.05, 3.63) is 88.5 Å². The number of aliphatic hydroxyl groups is 3. The Morgan fingerprint density at radius 3 is 2.31 bits per heavy atom. The number of benzene rings is 2. The smallest absolute Gasteiger partial charge is 0.255 e. The number of halogens is 4. The molecule has 224 valence electrons. The molecule has 1 heterocycles. The van der Waals surface area contributed by atoms with Crippen molar-refractivity contribution in [2.75, 3.05) is 5.32 Å². The minimum atomic E-state index is -4.12. The number of carbonyl (C=O) groups is 1. The van der Waals surface area contributed by atoms with Crippen LogP contribution in [0.1, 0.15) is 54.1 Å². The normalized spacial score (nSPS) is 25.2. The van der Waals surface area contributed by atoms with E-state index >= 15 is 0 Å². The number of rotatable bonds is 8. The molecule has 2 saturated carbocycles. The van der Waals surface area contributed by atoms with E-state index in [0.717, 1.165) is 6.07 Å². The van der Waals surface area contributed by atoms with Gasteiger partial charge in [-0.25, -0.2) is 21.6 Å². The Bertz CT molecular complexity index is 1570. The highest BCUT2D eigenvalue weighted by Gasteiger charge is 2.56. The number of fused-ring (bicyclic) bond motifs is 2. The third-order valence-corrected chi connectivity index (χ3v) is 11.1. The number of amides is 1. The monoisotopic (exact) mass is 624 g/mol. The first-order chi connectivity index (χ1) is 19.8. The number of carbonyl (C=O) groups excluding carboxylic acids is 1. The van der Waals surface area contributed by atoms with E-state index in [1.165, 1.54) is 24.5 Å². The van der Waals surface area contributed by atoms with Crippen LogP contribution in [0, 0.1) is 29.3 Å². The number of hydrogen-bond acceptors (Lipinski definition) is 7. The Balaban J connectivity index is 1.33. The molecule has 1 aromatic heterocycles. The van der Waals surface area contributed by atoms with E-state index in [2.05, 4.69) is 10.3 Å². The summed E-state index contributed by atoms with van der Waals surface area (Å²) in [4.78, 5) is 16.4. The molecule has 1 amide bonds. The second-order valence-corrected chi connectivity index (χ2v) is 13.6. The molecule has 42 heavy (non-hydrogen) atoms. The zero-order chi connectivity index (χ0) is 30.4. The lowest BCUT2D eigenvalue weighted by Gasteiger charge is -2.44. The number of hydrogen-bond donors (Lipinski definition) is 4. The number of pyridine rings is 1. The number of sulfone groups is 1. The Morgan fingerprint density at radius 1 is 1.07 bits per heavy atom. The van der Waals surface area contributed by atoms with Crippen molar-refractivity contribution in [3.8, 4) is 0 Å². The van der Waals surface area contributed by atoms with E-state index in [4.69, 9.17) is 11.6 Å². The van der Waals surface area contributed by atoms with E-state index in [9.17, 15) is 41.7 Å². The number of aliphatic hydroxyl groups excluding tert-OH is 2. The summed E-state index contributed by atoms with van der Waals surface area (Å²) in [5.41, 5.74) is -1.52. The lowest BCUT2D eigenvalue weighted by Crippen LogP contribution is -2.50. The van der Waals surface area contributed by atoms with E-state index in [0.29, 0.717) is 30.5 Å². The standard InChI is InChI=1S/C29H28ClF3N2O6S/c30-21-6-3-15(28(38)35-19-11-22(31)26(33)23(32)12-19)8-25(21)42(40,41)20-9-17-4-5-18(10-20)29(17,39)13-24(36)27(37)16-2-1-7-34-14-16/h1-3,6-8,11-12,14,17-18,20,24,27,36-37,39H,4-5,9-10,13H2,(H,35,38)/t17-,18?,20-,24?,27?,29-/m0/s1. The summed E-state index contributed by atoms with van der Waals surface area (Å²) in [6.07, 6.45) is 1.44. The maximum Gasteiger partial charge on any atom is 0.255 e. The molecular weight excluding hydrogens is 597 g/mol. The van der Waals surface area contributed by atoms with Crippen molar-refractivity contribution < 1.29 is 41.7 Å². The molecule has 0 spiro atoms. The van der Waals surface area contributed by atoms with Gasteiger partial charge in [-0.2, -0.15) is 0 Å². The molecule has 8 nitrogen and oxygen atoms in total. The highest BCUT2D eigenvalue weighted by Crippen LogP contribution is 2.54. The van der Waals surface area contributed by atoms with Gasteiger partial charge in [0.25, 0.3) is 5.91 Å². The highest BCUT2D eigenvalue weighted by atomic mass is 35.5. The molecule has 2 aliphatic carbocycles. The van der Waals surface area contributed by atoms with Gasteiger partial charge in [-0.1, -0.05) is 17.7 Å². The molecule has 13 heteroatoms. The topological polar surface area (TPSA) is 137 Å². The first-order valence-electron chi connectivity index (χ1n) is 13.3. The van der Waals surface area contributed by atoms with E-state index in [1.807, 2.05) is 0 Å². The predicted octanol–water partition coefficient (Wildman–Crippen LogP) is 4.58. The number of nitrogens with zero attached hydrogens (tertiary/aromatic N) is 1. The van der Waals surface area contributed by atoms with Gasteiger partial charge < -0.3 is 20.6 Å². The summed E-state index contributed by atoms with van der Waals surface area (Å²) < 4.78 is 68.0. The van der Waals surface area contributed by atoms with Gasteiger partial charge in [-0.3, -0.25) is 9.78 Å². The summed E-state index contributed by atoms with van der Waals surface area (Å²) in [5.74, 6) is -6.54. The van der Waals surface area contributed by atoms with Crippen LogP contribution in [0.4, 0.5) is 18.9 Å². The molecule has 2 aliphatic rings. The van der Waals surface area contributed by atoms with Crippen molar-refractivity contribution in [2.45, 2.75) is 60.1 Å². The summed E-state index contributed by atoms with van der Waals surface area (Å²) in [6.45, 7) is 0. The second-order valence-electron chi connectivity index (χ2n) is 11.0. The van der Waals surface area contributed by atoms with Crippen LogP contribution >= 0.6 is 11.6 Å². The minimum Gasteiger partial charge on any atom is -0.390 e. The molecular formula is C29H28ClF3N2O6S. The van der Waals surface area contributed by atoms with Gasteiger partial charge in [0, 0.05) is 47.8 Å². The summed E-state index contributed by atoms with van der Waals surface area (Å²) in [5, 5.41) is 34.1. The van der Waals surface area contributed by atoms with Gasteiger partial charge in [0.15, 0.2) is 27.3 Å². The Labute approximate surface area is 245 Å². The first kappa shape index (κ1) is 30.4. The van der Waals surface area contributed by atoms with Gasteiger partial charge in [0.1, 0.15) is 6.10 Å². The zero-order valence-corrected chi connectivity index (χ0v) is 23.6. The summed E-state index contributed by atoms with van der Waals surface area (Å²) in [6, 6.07) is 7.94. The second kappa shape index (κ2) is 11.6. The molecule has 0 aliphatic heterocycles. The van der Waals surface area contributed by atoms with Gasteiger partial charge in [-0.15, -0.1) is 0 Å². The van der Waals surface area contributed by atoms with Crippen molar-refractivity contribution in [3.63, 3.8) is 0 Å². The third-order valence-electron chi connectivity index (χ3n) is 8.48. The van der Waals surface area contributed by atoms with Gasteiger partial charge in [0.05, 0.1) is 26.9 Å². The van der Waals surface area contributed by atoms with Gasteiger partial charge in [0.2, 0.25) is 0 Å². The average molecular weight is 625 g/mol. The molecule has 2 bridgehead atoms. The lowest BCUT2D eigenvalue weighted by atomic mass is 9.71. The Morgan fingerprint density at radius 2 is 1.71 bits per heavy atom. The Hall–Kier alpha value is -3.03. The molecule has 0 saturated heterocycles. The third kappa shape index (κ3) is 5.66. The van der Waals surface area contributed by atoms with Crippen LogP contribution in [0.15, 0.2) is 59.8 Å². The number of aromatic nitrogens is 1. The first-order valence-corrected chi connectivity index (χ1v) is 15.2. The molecule has 6 atom stereocenters. The zero-order valence-electron chi connectivity index (χ0n) is 22.1. The fourth-order valence-electron chi connectivity index (χ4n) is 6.29. The maximum absolute atomic E-state index is 13.8. The van der Waals surface area contributed by atoms with Crippen LogP contribution in [-0.2, 0) is 9.84 Å². The van der Waals surface area contributed by atoms with Crippen LogP contribution < -0.4 is 5.32 Å². The van der Waals surface area contributed by atoms with Gasteiger partial charge in [-0.05, 0) is 61.8 Å². The highest BCUT2D eigenvalue weighted by molar-refractivity contribution is 7.92. The maximum atomic E-state index is 13.8. The van der Waals surface area contributed by atoms with Crippen molar-refractivity contribution in [1.82, 2.24) is 4.98 Å². The van der Waals surface area contributed by atoms with Crippen LogP contribution in [0.5, 0.6) is 0 Å². The van der Waals surface area contributed by atoms with E-state index < -0.39 is 68.1 Å². The number of anilines is 1. The van der Waals surface area contributed by atoms with Crippen molar-refractivity contribution in [2.24, 2.45) is 11.8 Å². The van der Waals surface area contributed by atoms with Crippen LogP contribution in [-0.4, -0.2) is 51.6 Å². The predicted molar refractivity (Wildman–Crippen MR) is 147 cm³/mol. The fourth-order valence-corrected chi connectivity index (χ4v) is 8.69. The van der Waals surface area contributed by atoms with Crippen LogP contribution in [0.25, 0.3) is 0 Å². The van der Waals surface area contributed by atoms with E-state index in [-0.39, 0.29) is 40.4 Å². The summed E-state index contributed by atoms with van der Waals surface area (Å²) in [7, 11) is -4.12. The molecule has 3 unspecified atom stereocenters. The fraction of sp³-hybridized carbons (Fsp3) is 0.379. The molecule has 3 aromatic rings. The van der Waals surface area contributed by atoms with Crippen LogP contribution in [0.3, 0.4) is 0 Å². The van der Waals surface area contributed by atoms with Crippen molar-refractivity contribution >= 4 is 33.0 Å². The summed E-state index contributed by atoms with van der Waals surface area (Å²) >= 11 is 6.26. The average Bonchev–Trinajstić information content (AvgIpc) is 3.11. The lowest BCUT2D eigenvalue weighted by molar-refractivity contribution is -0.109. The van der Waals surface area contributed by atoms with Crippen molar-refractivity contribution in [1.29, 1.82) is 0 Å².